The molecule has 0 atom stereocenters. The Labute approximate surface area is 181 Å². The van der Waals surface area contributed by atoms with Crippen LogP contribution in [0.5, 0.6) is 0 Å². The lowest BCUT2D eigenvalue weighted by Crippen LogP contribution is -2.24. The average molecular weight is 414 g/mol. The zero-order valence-electron chi connectivity index (χ0n) is 19.5. The zero-order chi connectivity index (χ0) is 21.3. The fraction of sp³-hybridized carbons (Fsp3) is 0.960. The molecule has 0 saturated heterocycles. The monoisotopic (exact) mass is 413 g/mol. The predicted molar refractivity (Wildman–Crippen MR) is 124 cm³/mol. The van der Waals surface area contributed by atoms with Crippen LogP contribution in [0.15, 0.2) is 0 Å². The second-order valence-electron chi connectivity index (χ2n) is 8.45. The molecule has 0 heterocycles. The molecule has 2 N–H and O–H groups in total. The molecule has 0 unspecified atom stereocenters. The highest BCUT2D eigenvalue weighted by Crippen LogP contribution is 2.14. The summed E-state index contributed by atoms with van der Waals surface area (Å²) in [4.78, 5) is 11.5. The first-order valence-electron chi connectivity index (χ1n) is 12.8. The molecule has 0 spiro atoms. The first-order chi connectivity index (χ1) is 14.3. The largest absolute Gasteiger partial charge is 0.464 e. The molecule has 0 aliphatic heterocycles. The van der Waals surface area contributed by atoms with Gasteiger partial charge >= 0.3 is 5.97 Å². The van der Waals surface area contributed by atoms with Crippen molar-refractivity contribution in [2.24, 2.45) is 0 Å². The van der Waals surface area contributed by atoms with Gasteiger partial charge in [-0.25, -0.2) is 0 Å². The van der Waals surface area contributed by atoms with Crippen LogP contribution in [-0.2, 0) is 9.53 Å². The molecule has 0 aliphatic carbocycles. The standard InChI is InChI=1S/C25H51NO3/c1-2-3-4-5-6-7-8-9-10-11-12-13-14-15-16-17-18-19-20-25(28)29-24-22-26-21-23-27/h26-27H,2-24H2,1H3. The third-order valence-electron chi connectivity index (χ3n) is 5.56. The first kappa shape index (κ1) is 28.4. The molecular weight excluding hydrogens is 362 g/mol. The van der Waals surface area contributed by atoms with Gasteiger partial charge in [0.05, 0.1) is 6.61 Å². The topological polar surface area (TPSA) is 58.6 Å². The van der Waals surface area contributed by atoms with Crippen LogP contribution < -0.4 is 5.32 Å². The van der Waals surface area contributed by atoms with Gasteiger partial charge in [-0.2, -0.15) is 0 Å². The summed E-state index contributed by atoms with van der Waals surface area (Å²) in [5.41, 5.74) is 0. The van der Waals surface area contributed by atoms with E-state index in [4.69, 9.17) is 9.84 Å². The minimum absolute atomic E-state index is 0.0905. The molecule has 0 bridgehead atoms. The molecule has 0 amide bonds. The van der Waals surface area contributed by atoms with E-state index >= 15 is 0 Å². The van der Waals surface area contributed by atoms with E-state index < -0.39 is 0 Å². The van der Waals surface area contributed by atoms with Gasteiger partial charge in [-0.3, -0.25) is 4.79 Å². The summed E-state index contributed by atoms with van der Waals surface area (Å²) in [6, 6.07) is 0. The van der Waals surface area contributed by atoms with Crippen LogP contribution in [0, 0.1) is 0 Å². The molecule has 0 aromatic rings. The van der Waals surface area contributed by atoms with E-state index in [1.54, 1.807) is 0 Å². The fourth-order valence-electron chi connectivity index (χ4n) is 3.68. The van der Waals surface area contributed by atoms with Gasteiger partial charge in [0.1, 0.15) is 6.61 Å². The molecule has 29 heavy (non-hydrogen) atoms. The molecule has 0 radical (unpaired) electrons. The van der Waals surface area contributed by atoms with Crippen molar-refractivity contribution in [3.63, 3.8) is 0 Å². The lowest BCUT2D eigenvalue weighted by molar-refractivity contribution is -0.143. The van der Waals surface area contributed by atoms with Gasteiger partial charge in [-0.1, -0.05) is 116 Å². The molecule has 0 saturated carbocycles. The summed E-state index contributed by atoms with van der Waals surface area (Å²) >= 11 is 0. The van der Waals surface area contributed by atoms with Gasteiger partial charge in [0, 0.05) is 19.5 Å². The lowest BCUT2D eigenvalue weighted by Gasteiger charge is -2.06. The molecule has 0 aliphatic rings. The Morgan fingerprint density at radius 2 is 1.07 bits per heavy atom. The molecule has 0 fully saturated rings. The lowest BCUT2D eigenvalue weighted by atomic mass is 10.0. The second-order valence-corrected chi connectivity index (χ2v) is 8.45. The average Bonchev–Trinajstić information content (AvgIpc) is 2.72. The van der Waals surface area contributed by atoms with Crippen LogP contribution in [0.4, 0.5) is 0 Å². The Hall–Kier alpha value is -0.610. The van der Waals surface area contributed by atoms with E-state index in [0.717, 1.165) is 12.8 Å². The number of aliphatic hydroxyl groups is 1. The number of ether oxygens (including phenoxy) is 1. The summed E-state index contributed by atoms with van der Waals surface area (Å²) in [5, 5.41) is 11.6. The minimum atomic E-state index is -0.0905. The SMILES string of the molecule is CCCCCCCCCCCCCCCCCCCCC(=O)OCCNCCO. The molecule has 0 aromatic carbocycles. The number of esters is 1. The highest BCUT2D eigenvalue weighted by molar-refractivity contribution is 5.69. The quantitative estimate of drug-likeness (QED) is 0.139. The summed E-state index contributed by atoms with van der Waals surface area (Å²) in [7, 11) is 0. The second kappa shape index (κ2) is 25.4. The molecular formula is C25H51NO3. The van der Waals surface area contributed by atoms with Gasteiger partial charge in [-0.05, 0) is 6.42 Å². The number of hydrogen-bond acceptors (Lipinski definition) is 4. The van der Waals surface area contributed by atoms with E-state index in [0.29, 0.717) is 26.1 Å². The van der Waals surface area contributed by atoms with E-state index in [1.807, 2.05) is 0 Å². The van der Waals surface area contributed by atoms with Crippen LogP contribution >= 0.6 is 0 Å². The number of aliphatic hydroxyl groups excluding tert-OH is 1. The highest BCUT2D eigenvalue weighted by Gasteiger charge is 2.02. The summed E-state index contributed by atoms with van der Waals surface area (Å²) in [6.45, 7) is 3.97. The predicted octanol–water partition coefficient (Wildman–Crippen LogP) is 6.54. The Bertz CT molecular complexity index is 323. The Balaban J connectivity index is 3.08. The number of nitrogens with one attached hydrogen (secondary N) is 1. The first-order valence-corrected chi connectivity index (χ1v) is 12.8. The Morgan fingerprint density at radius 1 is 0.655 bits per heavy atom. The van der Waals surface area contributed by atoms with Crippen LogP contribution in [0.1, 0.15) is 129 Å². The number of carbonyl (C=O) groups excluding carboxylic acids is 1. The van der Waals surface area contributed by atoms with E-state index in [9.17, 15) is 4.79 Å². The van der Waals surface area contributed by atoms with Crippen molar-refractivity contribution in [1.29, 1.82) is 0 Å². The molecule has 4 nitrogen and oxygen atoms in total. The maximum absolute atomic E-state index is 11.5. The van der Waals surface area contributed by atoms with Crippen molar-refractivity contribution in [3.05, 3.63) is 0 Å². The van der Waals surface area contributed by atoms with Crippen LogP contribution in [0.25, 0.3) is 0 Å². The number of carbonyl (C=O) groups is 1. The number of hydrogen-bond donors (Lipinski definition) is 2. The normalized spacial score (nSPS) is 11.1. The molecule has 174 valence electrons. The zero-order valence-corrected chi connectivity index (χ0v) is 19.5. The highest BCUT2D eigenvalue weighted by atomic mass is 16.5. The van der Waals surface area contributed by atoms with Crippen LogP contribution in [0.2, 0.25) is 0 Å². The van der Waals surface area contributed by atoms with E-state index in [2.05, 4.69) is 12.2 Å². The Morgan fingerprint density at radius 3 is 1.48 bits per heavy atom. The van der Waals surface area contributed by atoms with Crippen molar-refractivity contribution < 1.29 is 14.6 Å². The fourth-order valence-corrected chi connectivity index (χ4v) is 3.68. The van der Waals surface area contributed by atoms with E-state index in [1.165, 1.54) is 103 Å². The van der Waals surface area contributed by atoms with Crippen molar-refractivity contribution in [1.82, 2.24) is 5.32 Å². The van der Waals surface area contributed by atoms with Crippen molar-refractivity contribution in [2.75, 3.05) is 26.3 Å². The smallest absolute Gasteiger partial charge is 0.305 e. The maximum atomic E-state index is 11.5. The third-order valence-corrected chi connectivity index (χ3v) is 5.56. The summed E-state index contributed by atoms with van der Waals surface area (Å²) < 4.78 is 5.14. The molecule has 0 rings (SSSR count). The van der Waals surface area contributed by atoms with Crippen molar-refractivity contribution >= 4 is 5.97 Å². The van der Waals surface area contributed by atoms with Crippen LogP contribution in [0.3, 0.4) is 0 Å². The van der Waals surface area contributed by atoms with Crippen LogP contribution in [-0.4, -0.2) is 37.4 Å². The number of rotatable bonds is 24. The van der Waals surface area contributed by atoms with Crippen molar-refractivity contribution in [3.8, 4) is 0 Å². The molecule has 4 heteroatoms. The maximum Gasteiger partial charge on any atom is 0.305 e. The van der Waals surface area contributed by atoms with Gasteiger partial charge in [0.25, 0.3) is 0 Å². The van der Waals surface area contributed by atoms with Gasteiger partial charge in [-0.15, -0.1) is 0 Å². The van der Waals surface area contributed by atoms with Gasteiger partial charge in [0.15, 0.2) is 0 Å². The van der Waals surface area contributed by atoms with Gasteiger partial charge in [0.2, 0.25) is 0 Å². The van der Waals surface area contributed by atoms with Crippen molar-refractivity contribution in [2.45, 2.75) is 129 Å². The summed E-state index contributed by atoms with van der Waals surface area (Å²) in [5.74, 6) is -0.0905. The Kier molecular flexibility index (Phi) is 24.9. The minimum Gasteiger partial charge on any atom is -0.464 e. The third kappa shape index (κ3) is 25.4. The summed E-state index contributed by atoms with van der Waals surface area (Å²) in [6.07, 6.45) is 25.0. The van der Waals surface area contributed by atoms with E-state index in [-0.39, 0.29) is 12.6 Å². The number of unbranched alkanes of at least 4 members (excludes halogenated alkanes) is 17. The van der Waals surface area contributed by atoms with Gasteiger partial charge < -0.3 is 15.2 Å². The molecule has 0 aromatic heterocycles.